The summed E-state index contributed by atoms with van der Waals surface area (Å²) in [5.41, 5.74) is 3.80. The van der Waals surface area contributed by atoms with Crippen LogP contribution in [0.4, 0.5) is 5.69 Å². The normalized spacial score (nSPS) is 14.6. The van der Waals surface area contributed by atoms with Gasteiger partial charge in [0.15, 0.2) is 0 Å². The summed E-state index contributed by atoms with van der Waals surface area (Å²) in [5, 5.41) is 0.931. The van der Waals surface area contributed by atoms with Gasteiger partial charge in [0.05, 0.1) is 22.9 Å². The van der Waals surface area contributed by atoms with Crippen LogP contribution in [0.2, 0.25) is 10.0 Å². The Hall–Kier alpha value is -3.73. The molecule has 1 aliphatic rings. The van der Waals surface area contributed by atoms with Crippen molar-refractivity contribution in [1.82, 2.24) is 0 Å². The Morgan fingerprint density at radius 2 is 1.62 bits per heavy atom. The Morgan fingerprint density at radius 3 is 2.32 bits per heavy atom. The number of methoxy groups -OCH3 is 1. The Bertz CT molecular complexity index is 1420. The molecule has 0 unspecified atom stereocenters. The van der Waals surface area contributed by atoms with Gasteiger partial charge < -0.3 is 9.15 Å². The van der Waals surface area contributed by atoms with Crippen LogP contribution in [-0.4, -0.2) is 13.0 Å². The number of furan rings is 1. The van der Waals surface area contributed by atoms with E-state index in [1.807, 2.05) is 78.9 Å². The molecule has 6 heteroatoms. The molecule has 168 valence electrons. The summed E-state index contributed by atoms with van der Waals surface area (Å²) < 4.78 is 11.3. The summed E-state index contributed by atoms with van der Waals surface area (Å²) in [4.78, 5) is 15.2. The first-order valence-corrected chi connectivity index (χ1v) is 11.3. The highest BCUT2D eigenvalue weighted by molar-refractivity contribution is 6.42. The van der Waals surface area contributed by atoms with Gasteiger partial charge in [-0.2, -0.15) is 0 Å². The van der Waals surface area contributed by atoms with E-state index in [1.54, 1.807) is 30.2 Å². The van der Waals surface area contributed by atoms with Crippen molar-refractivity contribution in [2.45, 2.75) is 0 Å². The summed E-state index contributed by atoms with van der Waals surface area (Å²) in [5.74, 6) is 1.78. The van der Waals surface area contributed by atoms with Crippen LogP contribution >= 0.6 is 23.2 Å². The number of rotatable bonds is 5. The third-order valence-corrected chi connectivity index (χ3v) is 6.25. The van der Waals surface area contributed by atoms with Crippen LogP contribution in [0.25, 0.3) is 23.1 Å². The van der Waals surface area contributed by atoms with Gasteiger partial charge in [-0.05, 0) is 72.3 Å². The second-order valence-corrected chi connectivity index (χ2v) is 8.48. The topological polar surface area (TPSA) is 42.7 Å². The zero-order valence-electron chi connectivity index (χ0n) is 18.2. The number of benzene rings is 3. The minimum Gasteiger partial charge on any atom is -0.497 e. The quantitative estimate of drug-likeness (QED) is 0.270. The van der Waals surface area contributed by atoms with Gasteiger partial charge in [0.1, 0.15) is 17.3 Å². The number of carbonyl (C=O) groups excluding carboxylic acids is 1. The van der Waals surface area contributed by atoms with Crippen LogP contribution in [0.15, 0.2) is 101 Å². The van der Waals surface area contributed by atoms with E-state index in [-0.39, 0.29) is 5.91 Å². The van der Waals surface area contributed by atoms with Gasteiger partial charge >= 0.3 is 0 Å². The molecule has 4 nitrogen and oxygen atoms in total. The molecular formula is C28H19Cl2NO3. The van der Waals surface area contributed by atoms with Gasteiger partial charge in [-0.25, -0.2) is 0 Å². The molecule has 0 aliphatic carbocycles. The number of amides is 1. The van der Waals surface area contributed by atoms with E-state index in [4.69, 9.17) is 32.4 Å². The van der Waals surface area contributed by atoms with Crippen molar-refractivity contribution in [3.05, 3.63) is 118 Å². The molecule has 1 aliphatic heterocycles. The third kappa shape index (κ3) is 4.26. The number of hydrogen-bond donors (Lipinski definition) is 0. The molecule has 0 saturated carbocycles. The summed E-state index contributed by atoms with van der Waals surface area (Å²) in [6.07, 6.45) is 3.62. The summed E-state index contributed by atoms with van der Waals surface area (Å²) in [6, 6.07) is 26.2. The average Bonchev–Trinajstić information content (AvgIpc) is 3.46. The minimum atomic E-state index is -0.142. The van der Waals surface area contributed by atoms with Crippen molar-refractivity contribution in [3.63, 3.8) is 0 Å². The third-order valence-electron chi connectivity index (χ3n) is 5.51. The predicted octanol–water partition coefficient (Wildman–Crippen LogP) is 7.73. The van der Waals surface area contributed by atoms with Crippen LogP contribution in [0.1, 0.15) is 11.3 Å². The molecule has 4 aromatic rings. The highest BCUT2D eigenvalue weighted by atomic mass is 35.5. The molecule has 5 rings (SSSR count). The van der Waals surface area contributed by atoms with Crippen LogP contribution in [-0.2, 0) is 4.79 Å². The van der Waals surface area contributed by atoms with Gasteiger partial charge in [-0.1, -0.05) is 53.5 Å². The maximum atomic E-state index is 13.5. The molecule has 0 fully saturated rings. The number of nitrogens with zero attached hydrogens (tertiary/aromatic N) is 1. The van der Waals surface area contributed by atoms with E-state index in [0.29, 0.717) is 27.1 Å². The lowest BCUT2D eigenvalue weighted by Gasteiger charge is -2.21. The fraction of sp³-hybridized carbons (Fsp3) is 0.0357. The monoisotopic (exact) mass is 487 g/mol. The van der Waals surface area contributed by atoms with Gasteiger partial charge in [0, 0.05) is 16.8 Å². The van der Waals surface area contributed by atoms with Crippen LogP contribution in [0, 0.1) is 0 Å². The van der Waals surface area contributed by atoms with E-state index in [1.165, 1.54) is 0 Å². The van der Waals surface area contributed by atoms with Crippen molar-refractivity contribution in [2.75, 3.05) is 12.0 Å². The molecule has 0 atom stereocenters. The Kier molecular flexibility index (Phi) is 6.01. The molecule has 1 amide bonds. The molecular weight excluding hydrogens is 469 g/mol. The lowest BCUT2D eigenvalue weighted by molar-refractivity contribution is -0.113. The SMILES string of the molecule is COc1ccc(N2C(=O)/C(=C/c3ccc(-c4ccc(Cl)c(Cl)c4)o3)C=C2c2ccccc2)cc1. The van der Waals surface area contributed by atoms with Crippen molar-refractivity contribution in [2.24, 2.45) is 0 Å². The molecule has 2 heterocycles. The molecule has 34 heavy (non-hydrogen) atoms. The number of ether oxygens (including phenoxy) is 1. The fourth-order valence-corrected chi connectivity index (χ4v) is 4.11. The largest absolute Gasteiger partial charge is 0.497 e. The van der Waals surface area contributed by atoms with Gasteiger partial charge in [0.25, 0.3) is 5.91 Å². The molecule has 3 aromatic carbocycles. The molecule has 0 radical (unpaired) electrons. The Morgan fingerprint density at radius 1 is 0.853 bits per heavy atom. The molecule has 1 aromatic heterocycles. The first kappa shape index (κ1) is 22.1. The zero-order chi connectivity index (χ0) is 23.7. The second-order valence-electron chi connectivity index (χ2n) is 7.66. The second kappa shape index (κ2) is 9.26. The smallest absolute Gasteiger partial charge is 0.263 e. The highest BCUT2D eigenvalue weighted by Gasteiger charge is 2.30. The zero-order valence-corrected chi connectivity index (χ0v) is 19.7. The Labute approximate surface area is 207 Å². The molecule has 0 N–H and O–H groups in total. The standard InChI is InChI=1S/C28H19Cl2NO3/c1-33-22-10-8-21(9-11-22)31-26(18-5-3-2-4-6-18)17-20(28(31)32)15-23-12-14-27(34-23)19-7-13-24(29)25(30)16-19/h2-17H,1H3/b20-15+. The highest BCUT2D eigenvalue weighted by Crippen LogP contribution is 2.36. The predicted molar refractivity (Wildman–Crippen MR) is 137 cm³/mol. The lowest BCUT2D eigenvalue weighted by atomic mass is 10.1. The Balaban J connectivity index is 1.52. The maximum absolute atomic E-state index is 13.5. The van der Waals surface area contributed by atoms with E-state index < -0.39 is 0 Å². The number of anilines is 1. The van der Waals surface area contributed by atoms with Crippen LogP contribution in [0.5, 0.6) is 5.75 Å². The van der Waals surface area contributed by atoms with E-state index in [0.717, 1.165) is 28.3 Å². The number of carbonyl (C=O) groups is 1. The number of hydrogen-bond acceptors (Lipinski definition) is 3. The minimum absolute atomic E-state index is 0.142. The van der Waals surface area contributed by atoms with Crippen molar-refractivity contribution >= 4 is 46.6 Å². The van der Waals surface area contributed by atoms with E-state index in [9.17, 15) is 4.79 Å². The first-order chi connectivity index (χ1) is 16.5. The first-order valence-electron chi connectivity index (χ1n) is 10.6. The lowest BCUT2D eigenvalue weighted by Crippen LogP contribution is -2.24. The molecule has 0 bridgehead atoms. The van der Waals surface area contributed by atoms with Crippen molar-refractivity contribution in [3.8, 4) is 17.1 Å². The van der Waals surface area contributed by atoms with Gasteiger partial charge in [-0.15, -0.1) is 0 Å². The van der Waals surface area contributed by atoms with Crippen molar-refractivity contribution < 1.29 is 13.9 Å². The molecule has 0 saturated heterocycles. The van der Waals surface area contributed by atoms with E-state index >= 15 is 0 Å². The van der Waals surface area contributed by atoms with Crippen molar-refractivity contribution in [1.29, 1.82) is 0 Å². The van der Waals surface area contributed by atoms with Gasteiger partial charge in [0.2, 0.25) is 0 Å². The summed E-state index contributed by atoms with van der Waals surface area (Å²) in [7, 11) is 1.61. The summed E-state index contributed by atoms with van der Waals surface area (Å²) in [6.45, 7) is 0. The maximum Gasteiger partial charge on any atom is 0.263 e. The number of halogens is 2. The molecule has 0 spiro atoms. The summed E-state index contributed by atoms with van der Waals surface area (Å²) >= 11 is 12.2. The fourth-order valence-electron chi connectivity index (χ4n) is 3.81. The van der Waals surface area contributed by atoms with E-state index in [2.05, 4.69) is 0 Å². The average molecular weight is 488 g/mol. The van der Waals surface area contributed by atoms with Gasteiger partial charge in [-0.3, -0.25) is 9.69 Å². The van der Waals surface area contributed by atoms with Crippen LogP contribution in [0.3, 0.4) is 0 Å². The van der Waals surface area contributed by atoms with Crippen LogP contribution < -0.4 is 9.64 Å².